The van der Waals surface area contributed by atoms with Crippen molar-refractivity contribution in [1.29, 1.82) is 0 Å². The Morgan fingerprint density at radius 3 is 3.00 bits per heavy atom. The molecule has 1 atom stereocenters. The van der Waals surface area contributed by atoms with Gasteiger partial charge in [0.1, 0.15) is 5.54 Å². The van der Waals surface area contributed by atoms with Gasteiger partial charge in [0.15, 0.2) is 6.29 Å². The number of nitrogens with zero attached hydrogens (tertiary/aromatic N) is 1. The van der Waals surface area contributed by atoms with Crippen LogP contribution < -0.4 is 5.32 Å². The van der Waals surface area contributed by atoms with Crippen LogP contribution in [0.25, 0.3) is 0 Å². The highest BCUT2D eigenvalue weighted by Gasteiger charge is 2.34. The van der Waals surface area contributed by atoms with Gasteiger partial charge in [-0.2, -0.15) is 0 Å². The zero-order valence-corrected chi connectivity index (χ0v) is 10.2. The summed E-state index contributed by atoms with van der Waals surface area (Å²) in [5.41, 5.74) is 1.54. The number of carbonyl (C=O) groups is 1. The lowest BCUT2D eigenvalue weighted by Gasteiger charge is -2.32. The molecule has 3 rings (SSSR count). The Balaban J connectivity index is 2.02. The molecule has 0 fully saturated rings. The standard InChI is InChI=1S/C15H16N2O/c18-11-15(17-14-8-4-10-16-14)9-3-6-12-5-1-2-7-13(12)15/h1-3,5,7,9,11H,4,6,8,10H2,(H,16,17). The summed E-state index contributed by atoms with van der Waals surface area (Å²) in [7, 11) is 0. The van der Waals surface area contributed by atoms with Gasteiger partial charge in [-0.1, -0.05) is 36.4 Å². The van der Waals surface area contributed by atoms with Crippen molar-refractivity contribution >= 4 is 12.1 Å². The van der Waals surface area contributed by atoms with Gasteiger partial charge in [-0.05, 0) is 24.0 Å². The summed E-state index contributed by atoms with van der Waals surface area (Å²) < 4.78 is 0. The van der Waals surface area contributed by atoms with Crippen LogP contribution in [0, 0.1) is 0 Å². The number of allylic oxidation sites excluding steroid dienone is 1. The molecule has 0 saturated carbocycles. The van der Waals surface area contributed by atoms with Crippen LogP contribution in [0.2, 0.25) is 0 Å². The lowest BCUT2D eigenvalue weighted by atomic mass is 9.82. The number of amidine groups is 1. The van der Waals surface area contributed by atoms with Crippen molar-refractivity contribution in [1.82, 2.24) is 5.32 Å². The monoisotopic (exact) mass is 240 g/mol. The SMILES string of the molecule is O=CC1(NC2=NCCC2)C=CCc2ccccc21. The maximum atomic E-state index is 11.7. The number of benzene rings is 1. The number of aliphatic imine (C=N–C) groups is 1. The van der Waals surface area contributed by atoms with Crippen molar-refractivity contribution in [3.05, 3.63) is 47.5 Å². The van der Waals surface area contributed by atoms with E-state index in [4.69, 9.17) is 0 Å². The third-order valence-corrected chi connectivity index (χ3v) is 3.59. The van der Waals surface area contributed by atoms with Gasteiger partial charge in [-0.3, -0.25) is 9.79 Å². The topological polar surface area (TPSA) is 41.5 Å². The number of hydrogen-bond acceptors (Lipinski definition) is 3. The molecule has 3 heteroatoms. The first-order valence-electron chi connectivity index (χ1n) is 6.38. The zero-order valence-electron chi connectivity index (χ0n) is 10.2. The number of carbonyl (C=O) groups excluding carboxylic acids is 1. The molecule has 1 N–H and O–H groups in total. The van der Waals surface area contributed by atoms with Crippen molar-refractivity contribution < 1.29 is 4.79 Å². The van der Waals surface area contributed by atoms with Gasteiger partial charge >= 0.3 is 0 Å². The minimum Gasteiger partial charge on any atom is -0.355 e. The first-order chi connectivity index (χ1) is 8.84. The molecule has 0 spiro atoms. The molecule has 1 aromatic rings. The molecule has 1 unspecified atom stereocenters. The number of hydrogen-bond donors (Lipinski definition) is 1. The lowest BCUT2D eigenvalue weighted by Crippen LogP contribution is -2.46. The van der Waals surface area contributed by atoms with Gasteiger partial charge in [0.2, 0.25) is 0 Å². The van der Waals surface area contributed by atoms with Crippen LogP contribution in [0.5, 0.6) is 0 Å². The minimum atomic E-state index is -0.724. The molecule has 3 nitrogen and oxygen atoms in total. The van der Waals surface area contributed by atoms with Gasteiger partial charge in [0, 0.05) is 13.0 Å². The highest BCUT2D eigenvalue weighted by Crippen LogP contribution is 2.29. The summed E-state index contributed by atoms with van der Waals surface area (Å²) in [6.07, 6.45) is 7.90. The number of rotatable bonds is 2. The summed E-state index contributed by atoms with van der Waals surface area (Å²) in [6, 6.07) is 8.10. The second-order valence-corrected chi connectivity index (χ2v) is 4.81. The molecule has 0 aromatic heterocycles. The summed E-state index contributed by atoms with van der Waals surface area (Å²) in [5.74, 6) is 0.948. The fourth-order valence-corrected chi connectivity index (χ4v) is 2.69. The molecule has 1 aliphatic heterocycles. The van der Waals surface area contributed by atoms with Gasteiger partial charge in [0.05, 0.1) is 5.84 Å². The van der Waals surface area contributed by atoms with Crippen LogP contribution >= 0.6 is 0 Å². The Hall–Kier alpha value is -1.90. The van der Waals surface area contributed by atoms with Crippen LogP contribution in [-0.2, 0) is 16.8 Å². The number of aldehydes is 1. The summed E-state index contributed by atoms with van der Waals surface area (Å²) >= 11 is 0. The van der Waals surface area contributed by atoms with E-state index in [1.165, 1.54) is 5.56 Å². The first kappa shape index (κ1) is 11.2. The van der Waals surface area contributed by atoms with E-state index >= 15 is 0 Å². The zero-order chi connectivity index (χ0) is 12.4. The van der Waals surface area contributed by atoms with E-state index in [0.717, 1.165) is 43.5 Å². The van der Waals surface area contributed by atoms with Crippen LogP contribution in [0.1, 0.15) is 24.0 Å². The van der Waals surface area contributed by atoms with E-state index in [2.05, 4.69) is 22.5 Å². The summed E-state index contributed by atoms with van der Waals surface area (Å²) in [6.45, 7) is 0.864. The highest BCUT2D eigenvalue weighted by atomic mass is 16.1. The van der Waals surface area contributed by atoms with E-state index in [1.807, 2.05) is 24.3 Å². The van der Waals surface area contributed by atoms with Crippen LogP contribution in [-0.4, -0.2) is 18.7 Å². The fraction of sp³-hybridized carbons (Fsp3) is 0.333. The number of nitrogens with one attached hydrogen (secondary N) is 1. The highest BCUT2D eigenvalue weighted by molar-refractivity contribution is 5.89. The second-order valence-electron chi connectivity index (χ2n) is 4.81. The molecule has 1 heterocycles. The van der Waals surface area contributed by atoms with Gasteiger partial charge in [0.25, 0.3) is 0 Å². The Kier molecular flexibility index (Phi) is 2.74. The average molecular weight is 240 g/mol. The Morgan fingerprint density at radius 1 is 1.33 bits per heavy atom. The maximum Gasteiger partial charge on any atom is 0.154 e. The number of fused-ring (bicyclic) bond motifs is 1. The van der Waals surface area contributed by atoms with Crippen LogP contribution in [0.15, 0.2) is 41.4 Å². The van der Waals surface area contributed by atoms with Crippen molar-refractivity contribution in [3.63, 3.8) is 0 Å². The molecule has 92 valence electrons. The molecule has 0 saturated heterocycles. The van der Waals surface area contributed by atoms with Crippen molar-refractivity contribution in [2.75, 3.05) is 6.54 Å². The molecule has 1 aliphatic carbocycles. The summed E-state index contributed by atoms with van der Waals surface area (Å²) in [4.78, 5) is 16.1. The van der Waals surface area contributed by atoms with Crippen molar-refractivity contribution in [2.45, 2.75) is 24.8 Å². The third kappa shape index (κ3) is 1.76. The molecule has 1 aromatic carbocycles. The molecule has 2 aliphatic rings. The predicted molar refractivity (Wildman–Crippen MR) is 71.7 cm³/mol. The fourth-order valence-electron chi connectivity index (χ4n) is 2.69. The summed E-state index contributed by atoms with van der Waals surface area (Å²) in [5, 5.41) is 3.33. The molecule has 0 radical (unpaired) electrons. The first-order valence-corrected chi connectivity index (χ1v) is 6.38. The van der Waals surface area contributed by atoms with Crippen LogP contribution in [0.3, 0.4) is 0 Å². The van der Waals surface area contributed by atoms with Crippen LogP contribution in [0.4, 0.5) is 0 Å². The smallest absolute Gasteiger partial charge is 0.154 e. The van der Waals surface area contributed by atoms with Gasteiger partial charge in [-0.25, -0.2) is 0 Å². The molecular weight excluding hydrogens is 224 g/mol. The predicted octanol–water partition coefficient (Wildman–Crippen LogP) is 1.97. The largest absolute Gasteiger partial charge is 0.355 e. The molecule has 18 heavy (non-hydrogen) atoms. The van der Waals surface area contributed by atoms with E-state index < -0.39 is 5.54 Å². The van der Waals surface area contributed by atoms with Crippen molar-refractivity contribution in [3.8, 4) is 0 Å². The van der Waals surface area contributed by atoms with E-state index in [0.29, 0.717) is 0 Å². The van der Waals surface area contributed by atoms with Gasteiger partial charge in [-0.15, -0.1) is 0 Å². The lowest BCUT2D eigenvalue weighted by molar-refractivity contribution is -0.111. The minimum absolute atomic E-state index is 0.724. The molecular formula is C15H16N2O. The van der Waals surface area contributed by atoms with E-state index in [9.17, 15) is 4.79 Å². The molecule has 0 bridgehead atoms. The van der Waals surface area contributed by atoms with E-state index in [1.54, 1.807) is 0 Å². The Labute approximate surface area is 107 Å². The Morgan fingerprint density at radius 2 is 2.22 bits per heavy atom. The quantitative estimate of drug-likeness (QED) is 0.634. The maximum absolute atomic E-state index is 11.7. The third-order valence-electron chi connectivity index (χ3n) is 3.59. The normalized spacial score (nSPS) is 25.4. The van der Waals surface area contributed by atoms with Gasteiger partial charge < -0.3 is 5.32 Å². The second kappa shape index (κ2) is 4.41. The Bertz CT molecular complexity index is 533. The molecule has 0 amide bonds. The average Bonchev–Trinajstić information content (AvgIpc) is 2.92. The van der Waals surface area contributed by atoms with E-state index in [-0.39, 0.29) is 0 Å². The van der Waals surface area contributed by atoms with Crippen molar-refractivity contribution in [2.24, 2.45) is 4.99 Å².